The minimum Gasteiger partial charge on any atom is -0.381 e. The third kappa shape index (κ3) is 5.09. The van der Waals surface area contributed by atoms with E-state index in [0.717, 1.165) is 55.7 Å². The van der Waals surface area contributed by atoms with E-state index in [1.54, 1.807) is 0 Å². The number of nitrogens with two attached hydrogens (primary N) is 1. The molecule has 17 heavy (non-hydrogen) atoms. The third-order valence-electron chi connectivity index (χ3n) is 3.05. The first-order valence-electron chi connectivity index (χ1n) is 6.41. The zero-order chi connectivity index (χ0) is 12.7. The molecule has 1 heterocycles. The summed E-state index contributed by atoms with van der Waals surface area (Å²) in [5.41, 5.74) is 8.62. The first-order valence-corrected chi connectivity index (χ1v) is 6.41. The van der Waals surface area contributed by atoms with Crippen LogP contribution in [0, 0.1) is 0 Å². The minimum atomic E-state index is 0.294. The molecular weight excluding hydrogens is 210 g/mol. The van der Waals surface area contributed by atoms with Gasteiger partial charge in [0.2, 0.25) is 0 Å². The van der Waals surface area contributed by atoms with E-state index in [1.807, 2.05) is 0 Å². The quantitative estimate of drug-likeness (QED) is 0.594. The van der Waals surface area contributed by atoms with Crippen molar-refractivity contribution in [2.24, 2.45) is 5.73 Å². The Morgan fingerprint density at radius 2 is 2.12 bits per heavy atom. The Balaban J connectivity index is 2.21. The van der Waals surface area contributed by atoms with Gasteiger partial charge in [-0.05, 0) is 38.6 Å². The molecule has 3 nitrogen and oxygen atoms in total. The second-order valence-electron chi connectivity index (χ2n) is 4.69. The van der Waals surface area contributed by atoms with Gasteiger partial charge in [-0.15, -0.1) is 0 Å². The van der Waals surface area contributed by atoms with E-state index in [4.69, 9.17) is 5.73 Å². The monoisotopic (exact) mass is 235 g/mol. The summed E-state index contributed by atoms with van der Waals surface area (Å²) in [5.74, 6) is 0. The molecule has 0 aliphatic carbocycles. The Morgan fingerprint density at radius 3 is 2.76 bits per heavy atom. The third-order valence-corrected chi connectivity index (χ3v) is 3.05. The van der Waals surface area contributed by atoms with Crippen molar-refractivity contribution in [3.05, 3.63) is 36.8 Å². The molecule has 0 amide bonds. The molecule has 0 aromatic heterocycles. The first kappa shape index (κ1) is 13.8. The summed E-state index contributed by atoms with van der Waals surface area (Å²) >= 11 is 0. The summed E-state index contributed by atoms with van der Waals surface area (Å²) in [4.78, 5) is 0. The maximum atomic E-state index is 5.46. The fraction of sp³-hybridized carbons (Fsp3) is 0.571. The van der Waals surface area contributed by atoms with Gasteiger partial charge in [-0.3, -0.25) is 0 Å². The minimum absolute atomic E-state index is 0.294. The average Bonchev–Trinajstić information content (AvgIpc) is 2.28. The van der Waals surface area contributed by atoms with E-state index < -0.39 is 0 Å². The van der Waals surface area contributed by atoms with Crippen molar-refractivity contribution >= 4 is 0 Å². The van der Waals surface area contributed by atoms with Crippen molar-refractivity contribution in [1.82, 2.24) is 10.6 Å². The van der Waals surface area contributed by atoms with Crippen LogP contribution in [0.5, 0.6) is 0 Å². The summed E-state index contributed by atoms with van der Waals surface area (Å²) in [6.07, 6.45) is 6.50. The van der Waals surface area contributed by atoms with Gasteiger partial charge in [0.25, 0.3) is 0 Å². The molecule has 96 valence electrons. The zero-order valence-corrected chi connectivity index (χ0v) is 10.7. The highest BCUT2D eigenvalue weighted by molar-refractivity contribution is 5.18. The number of allylic oxidation sites excluding steroid dienone is 2. The predicted molar refractivity (Wildman–Crippen MR) is 74.2 cm³/mol. The van der Waals surface area contributed by atoms with Crippen molar-refractivity contribution in [3.8, 4) is 0 Å². The fourth-order valence-electron chi connectivity index (χ4n) is 2.01. The molecule has 0 aromatic carbocycles. The molecule has 1 fully saturated rings. The largest absolute Gasteiger partial charge is 0.381 e. The van der Waals surface area contributed by atoms with Crippen molar-refractivity contribution in [2.75, 3.05) is 6.54 Å². The highest BCUT2D eigenvalue weighted by Crippen LogP contribution is 2.18. The van der Waals surface area contributed by atoms with E-state index in [2.05, 4.69) is 30.4 Å². The van der Waals surface area contributed by atoms with Gasteiger partial charge >= 0.3 is 0 Å². The van der Waals surface area contributed by atoms with Gasteiger partial charge in [-0.2, -0.15) is 0 Å². The Morgan fingerprint density at radius 1 is 1.35 bits per heavy atom. The van der Waals surface area contributed by atoms with Crippen LogP contribution in [0.15, 0.2) is 36.8 Å². The number of hydrogen-bond acceptors (Lipinski definition) is 3. The lowest BCUT2D eigenvalue weighted by molar-refractivity contribution is 0.506. The first-order chi connectivity index (χ1) is 8.13. The number of piperidine rings is 1. The van der Waals surface area contributed by atoms with Crippen LogP contribution < -0.4 is 16.4 Å². The maximum absolute atomic E-state index is 5.46. The van der Waals surface area contributed by atoms with Crippen molar-refractivity contribution in [1.29, 1.82) is 0 Å². The van der Waals surface area contributed by atoms with Gasteiger partial charge in [0.05, 0.1) is 6.04 Å². The van der Waals surface area contributed by atoms with Crippen LogP contribution in [0.25, 0.3) is 0 Å². The molecule has 3 heteroatoms. The van der Waals surface area contributed by atoms with Gasteiger partial charge < -0.3 is 16.4 Å². The average molecular weight is 235 g/mol. The zero-order valence-electron chi connectivity index (χ0n) is 10.7. The molecule has 1 aliphatic rings. The molecular formula is C14H25N3. The van der Waals surface area contributed by atoms with Crippen LogP contribution in [0.2, 0.25) is 0 Å². The van der Waals surface area contributed by atoms with Crippen LogP contribution >= 0.6 is 0 Å². The predicted octanol–water partition coefficient (Wildman–Crippen LogP) is 2.39. The summed E-state index contributed by atoms with van der Waals surface area (Å²) in [6.45, 7) is 12.8. The molecule has 1 aliphatic heterocycles. The molecule has 1 rings (SSSR count). The maximum Gasteiger partial charge on any atom is 0.0657 e. The molecule has 1 saturated heterocycles. The number of hydrogen-bond donors (Lipinski definition) is 3. The topological polar surface area (TPSA) is 50.1 Å². The van der Waals surface area contributed by atoms with Gasteiger partial charge in [-0.1, -0.05) is 26.2 Å². The van der Waals surface area contributed by atoms with Gasteiger partial charge in [-0.25, -0.2) is 0 Å². The molecule has 0 aromatic rings. The summed E-state index contributed by atoms with van der Waals surface area (Å²) in [7, 11) is 0. The van der Waals surface area contributed by atoms with E-state index in [0.29, 0.717) is 6.04 Å². The van der Waals surface area contributed by atoms with E-state index in [-0.39, 0.29) is 0 Å². The Bertz CT molecular complexity index is 294. The highest BCUT2D eigenvalue weighted by atomic mass is 15.0. The number of nitrogens with one attached hydrogen (secondary N) is 2. The van der Waals surface area contributed by atoms with Gasteiger partial charge in [0.1, 0.15) is 0 Å². The summed E-state index contributed by atoms with van der Waals surface area (Å²) in [5, 5.41) is 6.64. The lowest BCUT2D eigenvalue weighted by Gasteiger charge is -2.29. The Labute approximate surface area is 105 Å². The molecule has 1 atom stereocenters. The smallest absolute Gasteiger partial charge is 0.0657 e. The van der Waals surface area contributed by atoms with E-state index in [9.17, 15) is 0 Å². The van der Waals surface area contributed by atoms with Crippen LogP contribution in [0.4, 0.5) is 0 Å². The van der Waals surface area contributed by atoms with Crippen molar-refractivity contribution < 1.29 is 0 Å². The highest BCUT2D eigenvalue weighted by Gasteiger charge is 2.18. The Kier molecular flexibility index (Phi) is 5.84. The van der Waals surface area contributed by atoms with Crippen LogP contribution in [-0.4, -0.2) is 12.6 Å². The normalized spacial score (nSPS) is 19.9. The summed E-state index contributed by atoms with van der Waals surface area (Å²) < 4.78 is 0. The molecule has 1 unspecified atom stereocenters. The lowest BCUT2D eigenvalue weighted by atomic mass is 10.0. The second-order valence-corrected chi connectivity index (χ2v) is 4.69. The fourth-order valence-corrected chi connectivity index (χ4v) is 2.01. The van der Waals surface area contributed by atoms with E-state index in [1.165, 1.54) is 6.42 Å². The number of rotatable bonds is 7. The Hall–Kier alpha value is -1.22. The standard InChI is InChI=1S/C14H25N3/c1-11(7-5-4-6-10-15)17-14-9-8-12(2)16-13(14)3/h14,16-17H,1-10,15H2. The van der Waals surface area contributed by atoms with Crippen molar-refractivity contribution in [3.63, 3.8) is 0 Å². The van der Waals surface area contributed by atoms with Gasteiger partial charge in [0.15, 0.2) is 0 Å². The van der Waals surface area contributed by atoms with Gasteiger partial charge in [0, 0.05) is 17.1 Å². The van der Waals surface area contributed by atoms with Crippen molar-refractivity contribution in [2.45, 2.75) is 44.6 Å². The lowest BCUT2D eigenvalue weighted by Crippen LogP contribution is -2.38. The molecule has 0 radical (unpaired) electrons. The molecule has 0 bridgehead atoms. The SMILES string of the molecule is C=C1CCC(NC(=C)CCCCCN)C(=C)N1. The van der Waals surface area contributed by atoms with Crippen LogP contribution in [0.3, 0.4) is 0 Å². The number of unbranched alkanes of at least 4 members (excludes halogenated alkanes) is 2. The summed E-state index contributed by atoms with van der Waals surface area (Å²) in [6, 6.07) is 0.294. The van der Waals surface area contributed by atoms with Crippen LogP contribution in [-0.2, 0) is 0 Å². The second kappa shape index (κ2) is 7.17. The molecule has 0 spiro atoms. The molecule has 4 N–H and O–H groups in total. The van der Waals surface area contributed by atoms with E-state index >= 15 is 0 Å². The molecule has 0 saturated carbocycles. The van der Waals surface area contributed by atoms with Crippen LogP contribution in [0.1, 0.15) is 38.5 Å².